The largest absolute Gasteiger partial charge is 0.388 e. The normalized spacial score (nSPS) is 15.5. The van der Waals surface area contributed by atoms with Gasteiger partial charge < -0.3 is 10.6 Å². The molecule has 4 nitrogen and oxygen atoms in total. The molecule has 1 fully saturated rings. The quantitative estimate of drug-likeness (QED) is 0.836. The third-order valence-corrected chi connectivity index (χ3v) is 3.31. The highest BCUT2D eigenvalue weighted by atomic mass is 16.2. The minimum atomic E-state index is -0.131. The zero-order chi connectivity index (χ0) is 12.5. The van der Waals surface area contributed by atoms with Crippen LogP contribution in [0.4, 0.5) is 5.69 Å². The third-order valence-electron chi connectivity index (χ3n) is 3.31. The van der Waals surface area contributed by atoms with Gasteiger partial charge in [-0.05, 0) is 44.7 Å². The Kier molecular flexibility index (Phi) is 3.05. The molecule has 1 amide bonds. The standard InChI is InChI=1S/C13H19N3O/c1-13(2,9-4-5-9)16-12(17)11-8-10(14-3)6-7-15-11/h6-9H,4-5H2,1-3H3,(H,14,15)(H,16,17). The number of rotatable bonds is 4. The molecular formula is C13H19N3O. The lowest BCUT2D eigenvalue weighted by molar-refractivity contribution is 0.0898. The van der Waals surface area contributed by atoms with Crippen molar-refractivity contribution in [3.63, 3.8) is 0 Å². The van der Waals surface area contributed by atoms with Gasteiger partial charge in [0.15, 0.2) is 0 Å². The number of hydrogen-bond acceptors (Lipinski definition) is 3. The number of pyridine rings is 1. The van der Waals surface area contributed by atoms with Crippen molar-refractivity contribution in [3.05, 3.63) is 24.0 Å². The fourth-order valence-electron chi connectivity index (χ4n) is 1.97. The van der Waals surface area contributed by atoms with Gasteiger partial charge in [0.25, 0.3) is 5.91 Å². The molecule has 0 aliphatic heterocycles. The van der Waals surface area contributed by atoms with Crippen LogP contribution in [0.3, 0.4) is 0 Å². The van der Waals surface area contributed by atoms with E-state index in [9.17, 15) is 4.79 Å². The van der Waals surface area contributed by atoms with E-state index in [-0.39, 0.29) is 11.4 Å². The summed E-state index contributed by atoms with van der Waals surface area (Å²) >= 11 is 0. The number of nitrogens with one attached hydrogen (secondary N) is 2. The molecular weight excluding hydrogens is 214 g/mol. The van der Waals surface area contributed by atoms with Crippen LogP contribution < -0.4 is 10.6 Å². The first-order chi connectivity index (χ1) is 8.03. The second-order valence-corrected chi connectivity index (χ2v) is 5.13. The number of hydrogen-bond donors (Lipinski definition) is 2. The minimum absolute atomic E-state index is 0.0981. The van der Waals surface area contributed by atoms with E-state index in [1.54, 1.807) is 12.3 Å². The van der Waals surface area contributed by atoms with Gasteiger partial charge in [-0.1, -0.05) is 0 Å². The number of carbonyl (C=O) groups is 1. The number of anilines is 1. The molecule has 1 saturated carbocycles. The maximum absolute atomic E-state index is 12.1. The van der Waals surface area contributed by atoms with Crippen LogP contribution in [0.1, 0.15) is 37.2 Å². The second kappa shape index (κ2) is 4.35. The smallest absolute Gasteiger partial charge is 0.270 e. The van der Waals surface area contributed by atoms with E-state index in [0.717, 1.165) is 5.69 Å². The van der Waals surface area contributed by atoms with E-state index < -0.39 is 0 Å². The van der Waals surface area contributed by atoms with Crippen LogP contribution in [-0.4, -0.2) is 23.5 Å². The summed E-state index contributed by atoms with van der Waals surface area (Å²) in [6.07, 6.45) is 4.05. The highest BCUT2D eigenvalue weighted by Gasteiger charge is 2.38. The van der Waals surface area contributed by atoms with Crippen molar-refractivity contribution in [2.45, 2.75) is 32.2 Å². The topological polar surface area (TPSA) is 54.0 Å². The summed E-state index contributed by atoms with van der Waals surface area (Å²) in [5.74, 6) is 0.512. The van der Waals surface area contributed by atoms with Gasteiger partial charge in [-0.2, -0.15) is 0 Å². The van der Waals surface area contributed by atoms with Crippen molar-refractivity contribution in [2.24, 2.45) is 5.92 Å². The van der Waals surface area contributed by atoms with Crippen molar-refractivity contribution < 1.29 is 4.79 Å². The van der Waals surface area contributed by atoms with Gasteiger partial charge in [-0.25, -0.2) is 0 Å². The molecule has 1 aromatic heterocycles. The summed E-state index contributed by atoms with van der Waals surface area (Å²) in [5.41, 5.74) is 1.23. The first kappa shape index (κ1) is 11.9. The van der Waals surface area contributed by atoms with Crippen molar-refractivity contribution in [1.82, 2.24) is 10.3 Å². The Bertz CT molecular complexity index is 424. The SMILES string of the molecule is CNc1ccnc(C(=O)NC(C)(C)C2CC2)c1. The van der Waals surface area contributed by atoms with Crippen molar-refractivity contribution >= 4 is 11.6 Å². The van der Waals surface area contributed by atoms with Crippen LogP contribution in [-0.2, 0) is 0 Å². The summed E-state index contributed by atoms with van der Waals surface area (Å²) in [6, 6.07) is 3.60. The van der Waals surface area contributed by atoms with Crippen molar-refractivity contribution in [3.8, 4) is 0 Å². The monoisotopic (exact) mass is 233 g/mol. The Balaban J connectivity index is 2.08. The fourth-order valence-corrected chi connectivity index (χ4v) is 1.97. The fraction of sp³-hybridized carbons (Fsp3) is 0.538. The highest BCUT2D eigenvalue weighted by molar-refractivity contribution is 5.93. The second-order valence-electron chi connectivity index (χ2n) is 5.13. The Morgan fingerprint density at radius 3 is 2.76 bits per heavy atom. The van der Waals surface area contributed by atoms with E-state index >= 15 is 0 Å². The van der Waals surface area contributed by atoms with E-state index in [2.05, 4.69) is 29.5 Å². The molecule has 0 aromatic carbocycles. The van der Waals surface area contributed by atoms with Crippen LogP contribution in [0.15, 0.2) is 18.3 Å². The van der Waals surface area contributed by atoms with Crippen LogP contribution in [0, 0.1) is 5.92 Å². The van der Waals surface area contributed by atoms with Gasteiger partial charge in [0.1, 0.15) is 5.69 Å². The predicted octanol–water partition coefficient (Wildman–Crippen LogP) is 2.04. The Morgan fingerprint density at radius 2 is 2.18 bits per heavy atom. The molecule has 2 rings (SSSR count). The highest BCUT2D eigenvalue weighted by Crippen LogP contribution is 2.39. The molecule has 0 atom stereocenters. The molecule has 1 heterocycles. The Labute approximate surface area is 102 Å². The van der Waals surface area contributed by atoms with E-state index in [1.807, 2.05) is 13.1 Å². The van der Waals surface area contributed by atoms with Crippen molar-refractivity contribution in [1.29, 1.82) is 0 Å². The molecule has 92 valence electrons. The van der Waals surface area contributed by atoms with Crippen molar-refractivity contribution in [2.75, 3.05) is 12.4 Å². The first-order valence-corrected chi connectivity index (χ1v) is 5.99. The first-order valence-electron chi connectivity index (χ1n) is 5.99. The molecule has 4 heteroatoms. The van der Waals surface area contributed by atoms with Crippen LogP contribution in [0.25, 0.3) is 0 Å². The molecule has 1 aliphatic rings. The number of nitrogens with zero attached hydrogens (tertiary/aromatic N) is 1. The number of aromatic nitrogens is 1. The van der Waals surface area contributed by atoms with Gasteiger partial charge in [0, 0.05) is 24.5 Å². The van der Waals surface area contributed by atoms with E-state index in [0.29, 0.717) is 11.6 Å². The molecule has 17 heavy (non-hydrogen) atoms. The van der Waals surface area contributed by atoms with E-state index in [4.69, 9.17) is 0 Å². The average molecular weight is 233 g/mol. The molecule has 0 radical (unpaired) electrons. The summed E-state index contributed by atoms with van der Waals surface area (Å²) in [4.78, 5) is 16.2. The van der Waals surface area contributed by atoms with Crippen LogP contribution >= 0.6 is 0 Å². The lowest BCUT2D eigenvalue weighted by Crippen LogP contribution is -2.45. The van der Waals surface area contributed by atoms with Gasteiger partial charge in [0.2, 0.25) is 0 Å². The lowest BCUT2D eigenvalue weighted by atomic mass is 9.98. The van der Waals surface area contributed by atoms with Gasteiger partial charge in [0.05, 0.1) is 0 Å². The predicted molar refractivity (Wildman–Crippen MR) is 68.1 cm³/mol. The van der Waals surface area contributed by atoms with Gasteiger partial charge in [-0.3, -0.25) is 9.78 Å². The van der Waals surface area contributed by atoms with E-state index in [1.165, 1.54) is 12.8 Å². The number of amides is 1. The summed E-state index contributed by atoms with van der Waals surface area (Å²) < 4.78 is 0. The third kappa shape index (κ3) is 2.75. The van der Waals surface area contributed by atoms with Crippen LogP contribution in [0.5, 0.6) is 0 Å². The number of carbonyl (C=O) groups excluding carboxylic acids is 1. The average Bonchev–Trinajstić information content (AvgIpc) is 3.12. The molecule has 0 saturated heterocycles. The zero-order valence-corrected chi connectivity index (χ0v) is 10.6. The van der Waals surface area contributed by atoms with Crippen LogP contribution in [0.2, 0.25) is 0 Å². The maximum atomic E-state index is 12.1. The molecule has 0 spiro atoms. The molecule has 0 unspecified atom stereocenters. The minimum Gasteiger partial charge on any atom is -0.388 e. The molecule has 0 bridgehead atoms. The summed E-state index contributed by atoms with van der Waals surface area (Å²) in [7, 11) is 1.82. The summed E-state index contributed by atoms with van der Waals surface area (Å²) in [6.45, 7) is 4.15. The maximum Gasteiger partial charge on any atom is 0.270 e. The zero-order valence-electron chi connectivity index (χ0n) is 10.6. The molecule has 2 N–H and O–H groups in total. The Morgan fingerprint density at radius 1 is 1.47 bits per heavy atom. The van der Waals surface area contributed by atoms with Gasteiger partial charge in [-0.15, -0.1) is 0 Å². The molecule has 1 aliphatic carbocycles. The van der Waals surface area contributed by atoms with Gasteiger partial charge >= 0.3 is 0 Å². The summed E-state index contributed by atoms with van der Waals surface area (Å²) in [5, 5.41) is 6.06. The lowest BCUT2D eigenvalue weighted by Gasteiger charge is -2.25. The molecule has 1 aromatic rings. The Hall–Kier alpha value is -1.58.